The van der Waals surface area contributed by atoms with Crippen LogP contribution in [0.2, 0.25) is 10.3 Å². The number of hydrogen-bond acceptors (Lipinski definition) is 3. The lowest BCUT2D eigenvalue weighted by Gasteiger charge is -2.02. The highest BCUT2D eigenvalue weighted by Crippen LogP contribution is 2.20. The molecule has 1 N–H and O–H groups in total. The van der Waals surface area contributed by atoms with Crippen LogP contribution >= 0.6 is 23.2 Å². The van der Waals surface area contributed by atoms with E-state index in [-0.39, 0.29) is 0 Å². The lowest BCUT2D eigenvalue weighted by Crippen LogP contribution is -1.98. The van der Waals surface area contributed by atoms with Gasteiger partial charge in [0, 0.05) is 12.6 Å². The van der Waals surface area contributed by atoms with Gasteiger partial charge in [-0.2, -0.15) is 0 Å². The summed E-state index contributed by atoms with van der Waals surface area (Å²) < 4.78 is 0. The average molecular weight is 192 g/mol. The second-order valence-corrected chi connectivity index (χ2v) is 2.72. The predicted octanol–water partition coefficient (Wildman–Crippen LogP) is 2.13. The highest BCUT2D eigenvalue weighted by molar-refractivity contribution is 6.34. The molecule has 0 aliphatic carbocycles. The molecule has 0 atom stereocenters. The molecule has 0 amide bonds. The topological polar surface area (TPSA) is 37.8 Å². The molecule has 11 heavy (non-hydrogen) atoms. The Kier molecular flexibility index (Phi) is 2.52. The number of aromatic nitrogens is 2. The summed E-state index contributed by atoms with van der Waals surface area (Å²) in [6.45, 7) is 1.77. The zero-order valence-electron chi connectivity index (χ0n) is 6.15. The molecule has 1 aromatic heterocycles. The second kappa shape index (κ2) is 3.24. The fourth-order valence-electron chi connectivity index (χ4n) is 0.576. The van der Waals surface area contributed by atoms with Crippen LogP contribution in [0.1, 0.15) is 5.56 Å². The maximum Gasteiger partial charge on any atom is 0.225 e. The van der Waals surface area contributed by atoms with Crippen molar-refractivity contribution >= 4 is 29.2 Å². The van der Waals surface area contributed by atoms with Gasteiger partial charge in [-0.3, -0.25) is 0 Å². The van der Waals surface area contributed by atoms with Gasteiger partial charge in [-0.1, -0.05) is 23.2 Å². The van der Waals surface area contributed by atoms with Crippen LogP contribution in [0, 0.1) is 6.92 Å². The molecule has 0 saturated heterocycles. The molecule has 3 nitrogen and oxygen atoms in total. The van der Waals surface area contributed by atoms with E-state index < -0.39 is 0 Å². The van der Waals surface area contributed by atoms with Gasteiger partial charge in [0.1, 0.15) is 10.3 Å². The van der Waals surface area contributed by atoms with E-state index in [1.165, 1.54) is 0 Å². The van der Waals surface area contributed by atoms with Gasteiger partial charge in [0.2, 0.25) is 5.95 Å². The Morgan fingerprint density at radius 3 is 2.00 bits per heavy atom. The fraction of sp³-hybridized carbons (Fsp3) is 0.333. The van der Waals surface area contributed by atoms with Gasteiger partial charge in [0.05, 0.1) is 0 Å². The Hall–Kier alpha value is -0.540. The first-order valence-corrected chi connectivity index (χ1v) is 3.78. The van der Waals surface area contributed by atoms with Crippen molar-refractivity contribution in [2.45, 2.75) is 6.92 Å². The summed E-state index contributed by atoms with van der Waals surface area (Å²) in [6.07, 6.45) is 0. The molecule has 0 unspecified atom stereocenters. The highest BCUT2D eigenvalue weighted by Gasteiger charge is 2.04. The Labute approximate surface area is 74.8 Å². The van der Waals surface area contributed by atoms with E-state index in [1.807, 2.05) is 0 Å². The first-order valence-electron chi connectivity index (χ1n) is 3.02. The van der Waals surface area contributed by atoms with E-state index in [1.54, 1.807) is 14.0 Å². The van der Waals surface area contributed by atoms with Gasteiger partial charge < -0.3 is 5.32 Å². The van der Waals surface area contributed by atoms with Gasteiger partial charge in [0.25, 0.3) is 0 Å². The summed E-state index contributed by atoms with van der Waals surface area (Å²) in [4.78, 5) is 7.82. The Morgan fingerprint density at radius 1 is 1.18 bits per heavy atom. The van der Waals surface area contributed by atoms with E-state index in [0.29, 0.717) is 21.8 Å². The molecule has 0 saturated carbocycles. The molecule has 0 radical (unpaired) electrons. The van der Waals surface area contributed by atoms with Crippen molar-refractivity contribution in [3.63, 3.8) is 0 Å². The first-order chi connectivity index (χ1) is 5.15. The van der Waals surface area contributed by atoms with Crippen molar-refractivity contribution in [1.82, 2.24) is 9.97 Å². The lowest BCUT2D eigenvalue weighted by molar-refractivity contribution is 1.12. The summed E-state index contributed by atoms with van der Waals surface area (Å²) in [6, 6.07) is 0. The van der Waals surface area contributed by atoms with Crippen molar-refractivity contribution in [1.29, 1.82) is 0 Å². The number of rotatable bonds is 1. The molecular weight excluding hydrogens is 185 g/mol. The maximum atomic E-state index is 5.72. The van der Waals surface area contributed by atoms with E-state index >= 15 is 0 Å². The smallest absolute Gasteiger partial charge is 0.225 e. The monoisotopic (exact) mass is 191 g/mol. The Morgan fingerprint density at radius 2 is 1.64 bits per heavy atom. The number of anilines is 1. The molecule has 1 heterocycles. The summed E-state index contributed by atoms with van der Waals surface area (Å²) in [5, 5.41) is 3.51. The van der Waals surface area contributed by atoms with Gasteiger partial charge in [-0.25, -0.2) is 9.97 Å². The minimum Gasteiger partial charge on any atom is -0.357 e. The minimum atomic E-state index is 0.384. The lowest BCUT2D eigenvalue weighted by atomic mass is 10.4. The van der Waals surface area contributed by atoms with E-state index in [4.69, 9.17) is 23.2 Å². The van der Waals surface area contributed by atoms with Crippen molar-refractivity contribution in [2.24, 2.45) is 0 Å². The van der Waals surface area contributed by atoms with E-state index in [0.717, 1.165) is 0 Å². The molecule has 0 aliphatic rings. The van der Waals surface area contributed by atoms with Crippen LogP contribution in [-0.4, -0.2) is 17.0 Å². The van der Waals surface area contributed by atoms with Crippen LogP contribution in [0.3, 0.4) is 0 Å². The quantitative estimate of drug-likeness (QED) is 0.692. The van der Waals surface area contributed by atoms with Crippen LogP contribution in [0.4, 0.5) is 5.95 Å². The molecule has 5 heteroatoms. The van der Waals surface area contributed by atoms with Crippen LogP contribution < -0.4 is 5.32 Å². The highest BCUT2D eigenvalue weighted by atomic mass is 35.5. The van der Waals surface area contributed by atoms with E-state index in [2.05, 4.69) is 15.3 Å². The van der Waals surface area contributed by atoms with Crippen molar-refractivity contribution < 1.29 is 0 Å². The van der Waals surface area contributed by atoms with Crippen molar-refractivity contribution in [3.05, 3.63) is 15.9 Å². The van der Waals surface area contributed by atoms with Crippen LogP contribution in [0.15, 0.2) is 0 Å². The molecular formula is C6H7Cl2N3. The third kappa shape index (κ3) is 1.73. The number of hydrogen-bond donors (Lipinski definition) is 1. The first kappa shape index (κ1) is 8.56. The predicted molar refractivity (Wildman–Crippen MR) is 46.3 cm³/mol. The number of nitrogens with zero attached hydrogens (tertiary/aromatic N) is 2. The molecule has 0 aromatic carbocycles. The SMILES string of the molecule is CNc1nc(Cl)c(C)c(Cl)n1. The molecule has 0 bridgehead atoms. The van der Waals surface area contributed by atoms with E-state index in [9.17, 15) is 0 Å². The van der Waals surface area contributed by atoms with Gasteiger partial charge in [0.15, 0.2) is 0 Å². The zero-order chi connectivity index (χ0) is 8.43. The minimum absolute atomic E-state index is 0.384. The van der Waals surface area contributed by atoms with Crippen LogP contribution in [0.5, 0.6) is 0 Å². The molecule has 0 spiro atoms. The third-order valence-electron chi connectivity index (χ3n) is 1.25. The standard InChI is InChI=1S/C6H7Cl2N3/c1-3-4(7)10-6(9-2)11-5(3)8/h1-2H3,(H,9,10,11). The second-order valence-electron chi connectivity index (χ2n) is 2.00. The molecule has 1 aromatic rings. The van der Waals surface area contributed by atoms with Gasteiger partial charge in [-0.05, 0) is 6.92 Å². The average Bonchev–Trinajstić information content (AvgIpc) is 1.99. The normalized spacial score (nSPS) is 9.82. The fourth-order valence-corrected chi connectivity index (χ4v) is 0.963. The Bertz CT molecular complexity index is 252. The summed E-state index contributed by atoms with van der Waals surface area (Å²) in [7, 11) is 1.71. The molecule has 1 rings (SSSR count). The summed E-state index contributed by atoms with van der Waals surface area (Å²) in [5.41, 5.74) is 0.701. The van der Waals surface area contributed by atoms with Crippen molar-refractivity contribution in [3.8, 4) is 0 Å². The summed E-state index contributed by atoms with van der Waals surface area (Å²) >= 11 is 11.4. The van der Waals surface area contributed by atoms with Gasteiger partial charge >= 0.3 is 0 Å². The maximum absolute atomic E-state index is 5.72. The van der Waals surface area contributed by atoms with Gasteiger partial charge in [-0.15, -0.1) is 0 Å². The van der Waals surface area contributed by atoms with Crippen LogP contribution in [0.25, 0.3) is 0 Å². The molecule has 0 aliphatic heterocycles. The summed E-state index contributed by atoms with van der Waals surface area (Å²) in [5.74, 6) is 0.436. The van der Waals surface area contributed by atoms with Crippen molar-refractivity contribution in [2.75, 3.05) is 12.4 Å². The Balaban J connectivity index is 3.21. The number of halogens is 2. The largest absolute Gasteiger partial charge is 0.357 e. The molecule has 0 fully saturated rings. The van der Waals surface area contributed by atoms with Crippen LogP contribution in [-0.2, 0) is 0 Å². The third-order valence-corrected chi connectivity index (χ3v) is 1.99. The number of nitrogens with one attached hydrogen (secondary N) is 1. The zero-order valence-corrected chi connectivity index (χ0v) is 7.66. The molecule has 60 valence electrons.